The number of aromatic nitrogens is 1. The quantitative estimate of drug-likeness (QED) is 0.687. The van der Waals surface area contributed by atoms with E-state index in [0.29, 0.717) is 16.5 Å². The number of hydrogen-bond acceptors (Lipinski definition) is 3. The number of nitrogens with zero attached hydrogens (tertiary/aromatic N) is 1. The summed E-state index contributed by atoms with van der Waals surface area (Å²) in [6.45, 7) is 0. The van der Waals surface area contributed by atoms with Crippen LogP contribution in [0.1, 0.15) is 0 Å². The molecule has 0 fully saturated rings. The average molecular weight is 349 g/mol. The van der Waals surface area contributed by atoms with Crippen LogP contribution in [0.15, 0.2) is 53.1 Å². The van der Waals surface area contributed by atoms with Crippen molar-refractivity contribution in [3.63, 3.8) is 0 Å². The molecule has 0 spiro atoms. The minimum Gasteiger partial charge on any atom is -0.396 e. The highest BCUT2D eigenvalue weighted by molar-refractivity contribution is 9.10. The van der Waals surface area contributed by atoms with Gasteiger partial charge in [0.05, 0.1) is 10.7 Å². The first-order valence-corrected chi connectivity index (χ1v) is 7.16. The SMILES string of the molecule is Nc1cc(Cl)cnc1Nc1ccc2cc(Br)ccc2c1. The van der Waals surface area contributed by atoms with E-state index in [9.17, 15) is 0 Å². The van der Waals surface area contributed by atoms with Gasteiger partial charge in [-0.25, -0.2) is 4.98 Å². The average Bonchev–Trinajstić information content (AvgIpc) is 2.42. The highest BCUT2D eigenvalue weighted by Gasteiger charge is 2.03. The fourth-order valence-corrected chi connectivity index (χ4v) is 2.54. The van der Waals surface area contributed by atoms with Gasteiger partial charge in [0.2, 0.25) is 0 Å². The molecular formula is C15H11BrClN3. The Bertz CT molecular complexity index is 789. The summed E-state index contributed by atoms with van der Waals surface area (Å²) in [5, 5.41) is 6.04. The van der Waals surface area contributed by atoms with E-state index in [0.717, 1.165) is 15.5 Å². The van der Waals surface area contributed by atoms with Gasteiger partial charge in [-0.2, -0.15) is 0 Å². The Morgan fingerprint density at radius 2 is 1.80 bits per heavy atom. The summed E-state index contributed by atoms with van der Waals surface area (Å²) in [7, 11) is 0. The van der Waals surface area contributed by atoms with Crippen LogP contribution in [0.3, 0.4) is 0 Å². The van der Waals surface area contributed by atoms with E-state index in [1.807, 2.05) is 12.1 Å². The zero-order chi connectivity index (χ0) is 14.1. The summed E-state index contributed by atoms with van der Waals surface area (Å²) < 4.78 is 1.06. The molecule has 2 aromatic carbocycles. The van der Waals surface area contributed by atoms with Crippen molar-refractivity contribution in [1.29, 1.82) is 0 Å². The van der Waals surface area contributed by atoms with Crippen LogP contribution in [0.25, 0.3) is 10.8 Å². The Labute approximate surface area is 129 Å². The van der Waals surface area contributed by atoms with Crippen molar-refractivity contribution >= 4 is 55.5 Å². The normalized spacial score (nSPS) is 10.7. The van der Waals surface area contributed by atoms with E-state index in [1.165, 1.54) is 5.39 Å². The van der Waals surface area contributed by atoms with E-state index in [4.69, 9.17) is 17.3 Å². The van der Waals surface area contributed by atoms with Gasteiger partial charge in [0.25, 0.3) is 0 Å². The standard InChI is InChI=1S/C15H11BrClN3/c16-11-3-1-10-6-13(4-2-9(10)5-11)20-15-14(18)7-12(17)8-19-15/h1-8H,18H2,(H,19,20). The van der Waals surface area contributed by atoms with Gasteiger partial charge in [-0.05, 0) is 41.1 Å². The Morgan fingerprint density at radius 1 is 1.05 bits per heavy atom. The first-order valence-electron chi connectivity index (χ1n) is 5.99. The molecule has 5 heteroatoms. The highest BCUT2D eigenvalue weighted by Crippen LogP contribution is 2.27. The first-order chi connectivity index (χ1) is 9.61. The van der Waals surface area contributed by atoms with Crippen LogP contribution in [0.5, 0.6) is 0 Å². The molecule has 0 unspecified atom stereocenters. The van der Waals surface area contributed by atoms with Crippen molar-refractivity contribution in [3.8, 4) is 0 Å². The van der Waals surface area contributed by atoms with Crippen molar-refractivity contribution in [2.75, 3.05) is 11.1 Å². The number of rotatable bonds is 2. The molecular weight excluding hydrogens is 338 g/mol. The largest absolute Gasteiger partial charge is 0.396 e. The Kier molecular flexibility index (Phi) is 3.51. The van der Waals surface area contributed by atoms with E-state index < -0.39 is 0 Å². The lowest BCUT2D eigenvalue weighted by atomic mass is 10.1. The number of fused-ring (bicyclic) bond motifs is 1. The molecule has 0 radical (unpaired) electrons. The van der Waals surface area contributed by atoms with Gasteiger partial charge in [0, 0.05) is 16.4 Å². The van der Waals surface area contributed by atoms with Crippen LogP contribution in [0.4, 0.5) is 17.2 Å². The van der Waals surface area contributed by atoms with Gasteiger partial charge in [0.15, 0.2) is 5.82 Å². The lowest BCUT2D eigenvalue weighted by molar-refractivity contribution is 1.31. The molecule has 0 saturated heterocycles. The minimum atomic E-state index is 0.522. The second kappa shape index (κ2) is 5.31. The number of benzene rings is 2. The van der Waals surface area contributed by atoms with Crippen molar-refractivity contribution in [1.82, 2.24) is 4.98 Å². The summed E-state index contributed by atoms with van der Waals surface area (Å²) in [6.07, 6.45) is 1.57. The molecule has 0 amide bonds. The maximum Gasteiger partial charge on any atom is 0.153 e. The third-order valence-electron chi connectivity index (χ3n) is 2.95. The van der Waals surface area contributed by atoms with Crippen LogP contribution in [-0.2, 0) is 0 Å². The summed E-state index contributed by atoms with van der Waals surface area (Å²) in [5.41, 5.74) is 7.34. The third kappa shape index (κ3) is 2.71. The number of nitrogens with one attached hydrogen (secondary N) is 1. The van der Waals surface area contributed by atoms with Gasteiger partial charge in [-0.15, -0.1) is 0 Å². The molecule has 0 bridgehead atoms. The molecule has 0 aliphatic heterocycles. The zero-order valence-corrected chi connectivity index (χ0v) is 12.7. The molecule has 0 aliphatic carbocycles. The van der Waals surface area contributed by atoms with Gasteiger partial charge >= 0.3 is 0 Å². The lowest BCUT2D eigenvalue weighted by Crippen LogP contribution is -1.98. The van der Waals surface area contributed by atoms with Crippen molar-refractivity contribution in [3.05, 3.63) is 58.2 Å². The van der Waals surface area contributed by atoms with Gasteiger partial charge in [-0.1, -0.05) is 39.7 Å². The highest BCUT2D eigenvalue weighted by atomic mass is 79.9. The predicted molar refractivity (Wildman–Crippen MR) is 88.6 cm³/mol. The van der Waals surface area contributed by atoms with E-state index in [2.05, 4.69) is 50.5 Å². The Morgan fingerprint density at radius 3 is 2.60 bits per heavy atom. The van der Waals surface area contributed by atoms with Crippen molar-refractivity contribution < 1.29 is 0 Å². The number of halogens is 2. The van der Waals surface area contributed by atoms with E-state index in [-0.39, 0.29) is 0 Å². The Hall–Kier alpha value is -1.78. The Balaban J connectivity index is 1.96. The second-order valence-electron chi connectivity index (χ2n) is 4.42. The van der Waals surface area contributed by atoms with E-state index >= 15 is 0 Å². The van der Waals surface area contributed by atoms with Gasteiger partial charge in [0.1, 0.15) is 0 Å². The van der Waals surface area contributed by atoms with Crippen molar-refractivity contribution in [2.24, 2.45) is 0 Å². The summed E-state index contributed by atoms with van der Waals surface area (Å²) >= 11 is 9.30. The number of hydrogen-bond donors (Lipinski definition) is 2. The maximum absolute atomic E-state index is 5.89. The number of nitrogen functional groups attached to an aromatic ring is 1. The molecule has 0 aliphatic rings. The fourth-order valence-electron chi connectivity index (χ4n) is 1.99. The van der Waals surface area contributed by atoms with Crippen LogP contribution < -0.4 is 11.1 Å². The van der Waals surface area contributed by atoms with Crippen LogP contribution in [0.2, 0.25) is 5.02 Å². The fraction of sp³-hybridized carbons (Fsp3) is 0. The van der Waals surface area contributed by atoms with Crippen LogP contribution in [0, 0.1) is 0 Å². The predicted octanol–water partition coefficient (Wildman–Crippen LogP) is 4.98. The van der Waals surface area contributed by atoms with Gasteiger partial charge < -0.3 is 11.1 Å². The first kappa shape index (κ1) is 13.2. The molecule has 0 saturated carbocycles. The zero-order valence-electron chi connectivity index (χ0n) is 10.4. The molecule has 1 heterocycles. The summed E-state index contributed by atoms with van der Waals surface area (Å²) in [5.74, 6) is 0.603. The maximum atomic E-state index is 5.89. The van der Waals surface area contributed by atoms with Crippen molar-refractivity contribution in [2.45, 2.75) is 0 Å². The van der Waals surface area contributed by atoms with Gasteiger partial charge in [-0.3, -0.25) is 0 Å². The monoisotopic (exact) mass is 347 g/mol. The third-order valence-corrected chi connectivity index (χ3v) is 3.65. The minimum absolute atomic E-state index is 0.522. The molecule has 0 atom stereocenters. The molecule has 100 valence electrons. The summed E-state index contributed by atoms with van der Waals surface area (Å²) in [4.78, 5) is 4.19. The summed E-state index contributed by atoms with van der Waals surface area (Å²) in [6, 6.07) is 13.9. The number of pyridine rings is 1. The molecule has 1 aromatic heterocycles. The molecule has 20 heavy (non-hydrogen) atoms. The number of nitrogens with two attached hydrogens (primary N) is 1. The van der Waals surface area contributed by atoms with E-state index in [1.54, 1.807) is 12.3 Å². The molecule has 3 N–H and O–H groups in total. The topological polar surface area (TPSA) is 50.9 Å². The number of anilines is 3. The van der Waals surface area contributed by atoms with Crippen LogP contribution in [-0.4, -0.2) is 4.98 Å². The second-order valence-corrected chi connectivity index (χ2v) is 5.77. The molecule has 3 rings (SSSR count). The molecule has 3 aromatic rings. The van der Waals surface area contributed by atoms with Crippen LogP contribution >= 0.6 is 27.5 Å². The molecule has 3 nitrogen and oxygen atoms in total. The lowest BCUT2D eigenvalue weighted by Gasteiger charge is -2.09. The smallest absolute Gasteiger partial charge is 0.153 e.